The molecule has 4 rings (SSSR count). The minimum atomic E-state index is -3.40. The number of aromatic amines is 1. The van der Waals surface area contributed by atoms with Crippen LogP contribution in [-0.2, 0) is 9.52 Å². The first-order chi connectivity index (χ1) is 15.1. The summed E-state index contributed by atoms with van der Waals surface area (Å²) in [6, 6.07) is 2.56. The van der Waals surface area contributed by atoms with Crippen LogP contribution in [0.5, 0.6) is 0 Å². The van der Waals surface area contributed by atoms with Crippen LogP contribution in [-0.4, -0.2) is 72.9 Å². The van der Waals surface area contributed by atoms with Crippen molar-refractivity contribution in [1.29, 1.82) is 0 Å². The smallest absolute Gasteiger partial charge is 0.317 e. The zero-order valence-electron chi connectivity index (χ0n) is 17.5. The number of rotatable bonds is 4. The molecule has 2 aromatic rings. The molecule has 0 radical (unpaired) electrons. The molecule has 0 bridgehead atoms. The Morgan fingerprint density at radius 1 is 1.31 bits per heavy atom. The molecule has 2 aliphatic rings. The summed E-state index contributed by atoms with van der Waals surface area (Å²) in [6.07, 6.45) is 0.777. The molecular formula is C21H27ClF2N4O3S. The number of carbonyl (C=O) groups is 1. The number of hydrogen-bond donors (Lipinski definition) is 3. The van der Waals surface area contributed by atoms with Gasteiger partial charge in [0.05, 0.1) is 11.7 Å². The predicted octanol–water partition coefficient (Wildman–Crippen LogP) is 3.19. The van der Waals surface area contributed by atoms with Crippen molar-refractivity contribution < 1.29 is 22.9 Å². The average molecular weight is 489 g/mol. The second-order valence-electron chi connectivity index (χ2n) is 8.77. The number of H-pyrrole nitrogens is 1. The number of nitrogens with zero attached hydrogens (tertiary/aromatic N) is 2. The van der Waals surface area contributed by atoms with Crippen molar-refractivity contribution in [3.63, 3.8) is 0 Å². The number of aliphatic hydroxyl groups is 1. The van der Waals surface area contributed by atoms with Crippen molar-refractivity contribution in [2.45, 2.75) is 43.8 Å². The number of likely N-dealkylation sites (tertiary alicyclic amines) is 1. The monoisotopic (exact) mass is 488 g/mol. The number of amides is 2. The summed E-state index contributed by atoms with van der Waals surface area (Å²) < 4.78 is 42.5. The molecular weight excluding hydrogens is 462 g/mol. The van der Waals surface area contributed by atoms with E-state index in [2.05, 4.69) is 21.4 Å². The van der Waals surface area contributed by atoms with E-state index in [1.807, 2.05) is 0 Å². The zero-order chi connectivity index (χ0) is 23.1. The summed E-state index contributed by atoms with van der Waals surface area (Å²) in [7, 11) is -2.03. The second-order valence-corrected chi connectivity index (χ2v) is 12.0. The van der Waals surface area contributed by atoms with E-state index < -0.39 is 27.5 Å². The van der Waals surface area contributed by atoms with E-state index in [1.165, 1.54) is 17.2 Å². The normalized spacial score (nSPS) is 26.2. The SMILES string of the molecule is C=S1(=O)CCC(NC(=O)N2CCC(C(F)(F)C(O)c3cc(Cl)cc4cn[nH]c34)CC2)CC1. The van der Waals surface area contributed by atoms with Crippen molar-refractivity contribution in [1.82, 2.24) is 20.4 Å². The van der Waals surface area contributed by atoms with Gasteiger partial charge in [-0.3, -0.25) is 9.31 Å². The summed E-state index contributed by atoms with van der Waals surface area (Å²) in [5.74, 6) is 0.206. The summed E-state index contributed by atoms with van der Waals surface area (Å²) in [4.78, 5) is 14.1. The molecule has 2 aliphatic heterocycles. The van der Waals surface area contributed by atoms with Gasteiger partial charge in [-0.1, -0.05) is 11.6 Å². The highest BCUT2D eigenvalue weighted by Crippen LogP contribution is 2.44. The Morgan fingerprint density at radius 2 is 1.97 bits per heavy atom. The molecule has 0 spiro atoms. The van der Waals surface area contributed by atoms with E-state index in [1.54, 1.807) is 6.07 Å². The fraction of sp³-hybridized carbons (Fsp3) is 0.571. The molecule has 2 amide bonds. The summed E-state index contributed by atoms with van der Waals surface area (Å²) >= 11 is 6.04. The lowest BCUT2D eigenvalue weighted by molar-refractivity contribution is -0.159. The Balaban J connectivity index is 1.37. The number of urea groups is 1. The highest BCUT2D eigenvalue weighted by Gasteiger charge is 2.49. The fourth-order valence-corrected chi connectivity index (χ4v) is 6.40. The van der Waals surface area contributed by atoms with Crippen molar-refractivity contribution >= 4 is 43.9 Å². The number of nitrogens with one attached hydrogen (secondary N) is 2. The number of hydrogen-bond acceptors (Lipinski definition) is 4. The molecule has 0 saturated carbocycles. The van der Waals surface area contributed by atoms with Gasteiger partial charge >= 0.3 is 6.03 Å². The molecule has 0 aliphatic carbocycles. The van der Waals surface area contributed by atoms with E-state index in [9.17, 15) is 14.1 Å². The predicted molar refractivity (Wildman–Crippen MR) is 122 cm³/mol. The minimum absolute atomic E-state index is 0.00876. The summed E-state index contributed by atoms with van der Waals surface area (Å²) in [5, 5.41) is 20.8. The van der Waals surface area contributed by atoms with Gasteiger partial charge in [-0.15, -0.1) is 0 Å². The molecule has 1 unspecified atom stereocenters. The molecule has 2 fully saturated rings. The van der Waals surface area contributed by atoms with Crippen LogP contribution in [0.2, 0.25) is 5.02 Å². The average Bonchev–Trinajstić information content (AvgIpc) is 3.22. The number of halogens is 3. The van der Waals surface area contributed by atoms with Gasteiger partial charge < -0.3 is 15.3 Å². The van der Waals surface area contributed by atoms with Crippen molar-refractivity contribution in [3.05, 3.63) is 28.9 Å². The van der Waals surface area contributed by atoms with Crippen LogP contribution in [0.3, 0.4) is 0 Å². The molecule has 3 N–H and O–H groups in total. The largest absolute Gasteiger partial charge is 0.382 e. The van der Waals surface area contributed by atoms with Crippen LogP contribution in [0.1, 0.15) is 37.4 Å². The third-order valence-electron chi connectivity index (χ3n) is 6.53. The van der Waals surface area contributed by atoms with Crippen LogP contribution < -0.4 is 5.32 Å². The lowest BCUT2D eigenvalue weighted by Gasteiger charge is -2.38. The summed E-state index contributed by atoms with van der Waals surface area (Å²) in [5.41, 5.74) is 0.339. The van der Waals surface area contributed by atoms with Gasteiger partial charge in [-0.2, -0.15) is 5.10 Å². The van der Waals surface area contributed by atoms with Crippen LogP contribution in [0, 0.1) is 5.92 Å². The topological polar surface area (TPSA) is 98.3 Å². The fourth-order valence-electron chi connectivity index (χ4n) is 4.53. The zero-order valence-corrected chi connectivity index (χ0v) is 19.1. The third kappa shape index (κ3) is 4.72. The Bertz CT molecular complexity index is 1090. The number of aromatic nitrogens is 2. The van der Waals surface area contributed by atoms with Gasteiger partial charge in [0.15, 0.2) is 0 Å². The van der Waals surface area contributed by atoms with E-state index in [0.29, 0.717) is 35.3 Å². The number of aliphatic hydroxyl groups excluding tert-OH is 1. The Labute approximate surface area is 190 Å². The minimum Gasteiger partial charge on any atom is -0.382 e. The van der Waals surface area contributed by atoms with Crippen molar-refractivity contribution in [2.24, 2.45) is 5.92 Å². The Kier molecular flexibility index (Phi) is 6.39. The van der Waals surface area contributed by atoms with E-state index >= 15 is 8.78 Å². The number of alkyl halides is 2. The van der Waals surface area contributed by atoms with Gasteiger partial charge in [-0.05, 0) is 53.2 Å². The first-order valence-corrected chi connectivity index (χ1v) is 13.1. The van der Waals surface area contributed by atoms with Crippen LogP contribution in [0.15, 0.2) is 18.3 Å². The van der Waals surface area contributed by atoms with Crippen molar-refractivity contribution in [3.8, 4) is 0 Å². The van der Waals surface area contributed by atoms with Crippen LogP contribution in [0.25, 0.3) is 10.9 Å². The molecule has 1 atom stereocenters. The van der Waals surface area contributed by atoms with Gasteiger partial charge in [-0.25, -0.2) is 13.6 Å². The van der Waals surface area contributed by atoms with Gasteiger partial charge in [0.25, 0.3) is 5.92 Å². The molecule has 1 aromatic carbocycles. The maximum absolute atomic E-state index is 15.2. The molecule has 1 aromatic heterocycles. The summed E-state index contributed by atoms with van der Waals surface area (Å²) in [6.45, 7) is 0.346. The lowest BCUT2D eigenvalue weighted by Crippen LogP contribution is -2.51. The molecule has 7 nitrogen and oxygen atoms in total. The molecule has 176 valence electrons. The first-order valence-electron chi connectivity index (χ1n) is 10.6. The number of carbonyl (C=O) groups excluding carboxylic acids is 1. The molecule has 11 heteroatoms. The molecule has 2 saturated heterocycles. The van der Waals surface area contributed by atoms with Gasteiger partial charge in [0.2, 0.25) is 0 Å². The number of piperidine rings is 1. The maximum Gasteiger partial charge on any atom is 0.317 e. The standard InChI is InChI=1S/C21H27ClF2N4O3S/c1-32(31)8-4-16(5-9-32)26-20(30)28-6-2-14(3-7-28)21(23,24)19(29)17-11-15(22)10-13-12-25-27-18(13)17/h10-12,14,16,19,29H,1-9H2,(H,25,27)(H,26,30). The van der Waals surface area contributed by atoms with E-state index in [0.717, 1.165) is 0 Å². The van der Waals surface area contributed by atoms with E-state index in [4.69, 9.17) is 11.6 Å². The Hall–Kier alpha value is -1.91. The highest BCUT2D eigenvalue weighted by molar-refractivity contribution is 8.00. The Morgan fingerprint density at radius 3 is 2.62 bits per heavy atom. The van der Waals surface area contributed by atoms with Gasteiger partial charge in [0, 0.05) is 52.5 Å². The highest BCUT2D eigenvalue weighted by atomic mass is 35.5. The number of benzene rings is 1. The van der Waals surface area contributed by atoms with Crippen LogP contribution in [0.4, 0.5) is 13.6 Å². The molecule has 3 heterocycles. The van der Waals surface area contributed by atoms with Crippen molar-refractivity contribution in [2.75, 3.05) is 24.6 Å². The first kappa shape index (κ1) is 23.3. The lowest BCUT2D eigenvalue weighted by atomic mass is 9.85. The quantitative estimate of drug-likeness (QED) is 0.576. The number of fused-ring (bicyclic) bond motifs is 1. The van der Waals surface area contributed by atoms with Gasteiger partial charge in [0.1, 0.15) is 6.10 Å². The third-order valence-corrected chi connectivity index (χ3v) is 8.71. The second kappa shape index (κ2) is 8.79. The van der Waals surface area contributed by atoms with Crippen LogP contribution >= 0.6 is 11.6 Å². The molecule has 32 heavy (non-hydrogen) atoms. The van der Waals surface area contributed by atoms with E-state index in [-0.39, 0.29) is 48.6 Å². The maximum atomic E-state index is 15.2.